The summed E-state index contributed by atoms with van der Waals surface area (Å²) in [4.78, 5) is 10.3. The Morgan fingerprint density at radius 3 is 2.40 bits per heavy atom. The minimum Gasteiger partial charge on any atom is -0.480 e. The summed E-state index contributed by atoms with van der Waals surface area (Å²) in [5.41, 5.74) is 0. The van der Waals surface area contributed by atoms with E-state index in [0.29, 0.717) is 6.04 Å². The van der Waals surface area contributed by atoms with Crippen LogP contribution in [0.2, 0.25) is 0 Å². The summed E-state index contributed by atoms with van der Waals surface area (Å²) in [6, 6.07) is 0.0890. The van der Waals surface area contributed by atoms with Crippen LogP contribution in [0.15, 0.2) is 0 Å². The lowest BCUT2D eigenvalue weighted by Gasteiger charge is -2.03. The molecule has 10 heavy (non-hydrogen) atoms. The monoisotopic (exact) mass is 165 g/mol. The van der Waals surface area contributed by atoms with E-state index < -0.39 is 5.97 Å². The Labute approximate surface area is 66.2 Å². The highest BCUT2D eigenvalue weighted by atomic mass is 35.5. The third kappa shape index (κ3) is 2.15. The van der Waals surface area contributed by atoms with Crippen LogP contribution in [0, 0.1) is 0 Å². The number of aliphatic carboxylic acids is 1. The zero-order chi connectivity index (χ0) is 6.85. The van der Waals surface area contributed by atoms with Crippen LogP contribution in [0.1, 0.15) is 19.8 Å². The van der Waals surface area contributed by atoms with Gasteiger partial charge in [-0.1, -0.05) is 0 Å². The molecule has 2 N–H and O–H groups in total. The topological polar surface area (TPSA) is 49.3 Å². The SMILES string of the molecule is C[C@@H]1CC[C@H](C(=O)O)N1.Cl. The third-order valence-corrected chi connectivity index (χ3v) is 1.67. The molecule has 0 aromatic rings. The first-order chi connectivity index (χ1) is 4.20. The van der Waals surface area contributed by atoms with E-state index in [-0.39, 0.29) is 18.4 Å². The molecular formula is C6H12ClNO2. The molecule has 1 saturated heterocycles. The lowest BCUT2D eigenvalue weighted by molar-refractivity contribution is -0.139. The predicted molar refractivity (Wildman–Crippen MR) is 40.5 cm³/mol. The summed E-state index contributed by atoms with van der Waals surface area (Å²) in [5, 5.41) is 11.4. The first-order valence-corrected chi connectivity index (χ1v) is 3.19. The highest BCUT2D eigenvalue weighted by Crippen LogP contribution is 2.10. The van der Waals surface area contributed by atoms with Crippen molar-refractivity contribution >= 4 is 18.4 Å². The second-order valence-corrected chi connectivity index (χ2v) is 2.54. The van der Waals surface area contributed by atoms with Crippen LogP contribution in [0.3, 0.4) is 0 Å². The quantitative estimate of drug-likeness (QED) is 0.600. The van der Waals surface area contributed by atoms with Gasteiger partial charge in [0.15, 0.2) is 0 Å². The fraction of sp³-hybridized carbons (Fsp3) is 0.833. The molecule has 0 unspecified atom stereocenters. The van der Waals surface area contributed by atoms with Crippen molar-refractivity contribution in [3.05, 3.63) is 0 Å². The molecule has 0 aromatic carbocycles. The average Bonchev–Trinajstić information content (AvgIpc) is 2.14. The molecule has 1 aliphatic rings. The highest BCUT2D eigenvalue weighted by molar-refractivity contribution is 5.85. The summed E-state index contributed by atoms with van der Waals surface area (Å²) in [6.07, 6.45) is 1.76. The molecule has 3 nitrogen and oxygen atoms in total. The molecule has 0 saturated carbocycles. The van der Waals surface area contributed by atoms with Crippen molar-refractivity contribution in [1.29, 1.82) is 0 Å². The van der Waals surface area contributed by atoms with Gasteiger partial charge in [-0.05, 0) is 19.8 Å². The summed E-state index contributed by atoms with van der Waals surface area (Å²) in [5.74, 6) is -0.723. The van der Waals surface area contributed by atoms with E-state index in [1.807, 2.05) is 6.92 Å². The van der Waals surface area contributed by atoms with Crippen molar-refractivity contribution in [3.8, 4) is 0 Å². The zero-order valence-electron chi connectivity index (χ0n) is 5.83. The van der Waals surface area contributed by atoms with Gasteiger partial charge in [0.05, 0.1) is 0 Å². The summed E-state index contributed by atoms with van der Waals surface area (Å²) < 4.78 is 0. The Hall–Kier alpha value is -0.280. The van der Waals surface area contributed by atoms with Crippen LogP contribution in [-0.2, 0) is 4.79 Å². The second-order valence-electron chi connectivity index (χ2n) is 2.54. The summed E-state index contributed by atoms with van der Waals surface area (Å²) >= 11 is 0. The molecule has 0 amide bonds. The number of hydrogen-bond donors (Lipinski definition) is 2. The maximum absolute atomic E-state index is 10.3. The minimum atomic E-state index is -0.723. The second kappa shape index (κ2) is 3.78. The molecule has 1 heterocycles. The fourth-order valence-electron chi connectivity index (χ4n) is 1.12. The molecule has 0 spiro atoms. The smallest absolute Gasteiger partial charge is 0.320 e. The maximum atomic E-state index is 10.3. The van der Waals surface area contributed by atoms with E-state index in [1.54, 1.807) is 0 Å². The average molecular weight is 166 g/mol. The molecule has 0 radical (unpaired) electrons. The van der Waals surface area contributed by atoms with Gasteiger partial charge in [0.1, 0.15) is 6.04 Å². The van der Waals surface area contributed by atoms with E-state index >= 15 is 0 Å². The van der Waals surface area contributed by atoms with Gasteiger partial charge in [0.2, 0.25) is 0 Å². The van der Waals surface area contributed by atoms with Crippen LogP contribution < -0.4 is 5.32 Å². The summed E-state index contributed by atoms with van der Waals surface area (Å²) in [6.45, 7) is 2.00. The number of nitrogens with one attached hydrogen (secondary N) is 1. The van der Waals surface area contributed by atoms with Crippen LogP contribution in [0.25, 0.3) is 0 Å². The first-order valence-electron chi connectivity index (χ1n) is 3.19. The van der Waals surface area contributed by atoms with Crippen LogP contribution in [-0.4, -0.2) is 23.2 Å². The van der Waals surface area contributed by atoms with Gasteiger partial charge in [-0.15, -0.1) is 12.4 Å². The Morgan fingerprint density at radius 2 is 2.20 bits per heavy atom. The molecule has 1 fully saturated rings. The highest BCUT2D eigenvalue weighted by Gasteiger charge is 2.25. The molecule has 0 aromatic heterocycles. The van der Waals surface area contributed by atoms with Crippen molar-refractivity contribution in [2.24, 2.45) is 0 Å². The summed E-state index contributed by atoms with van der Waals surface area (Å²) in [7, 11) is 0. The number of carboxylic acids is 1. The van der Waals surface area contributed by atoms with Crippen LogP contribution >= 0.6 is 12.4 Å². The minimum absolute atomic E-state index is 0. The van der Waals surface area contributed by atoms with Crippen molar-refractivity contribution < 1.29 is 9.90 Å². The van der Waals surface area contributed by atoms with E-state index in [4.69, 9.17) is 5.11 Å². The first kappa shape index (κ1) is 9.72. The molecule has 0 bridgehead atoms. The van der Waals surface area contributed by atoms with E-state index in [2.05, 4.69) is 5.32 Å². The molecule has 1 rings (SSSR count). The van der Waals surface area contributed by atoms with Crippen molar-refractivity contribution in [2.75, 3.05) is 0 Å². The van der Waals surface area contributed by atoms with Gasteiger partial charge >= 0.3 is 5.97 Å². The Kier molecular flexibility index (Phi) is 3.68. The Morgan fingerprint density at radius 1 is 1.60 bits per heavy atom. The van der Waals surface area contributed by atoms with Crippen molar-refractivity contribution in [2.45, 2.75) is 31.8 Å². The molecule has 4 heteroatoms. The predicted octanol–water partition coefficient (Wildman–Crippen LogP) is 0.633. The van der Waals surface area contributed by atoms with E-state index in [9.17, 15) is 4.79 Å². The number of halogens is 1. The number of carboxylic acid groups (broad SMARTS) is 1. The lowest BCUT2D eigenvalue weighted by Crippen LogP contribution is -2.33. The molecule has 60 valence electrons. The van der Waals surface area contributed by atoms with Gasteiger partial charge in [0.25, 0.3) is 0 Å². The molecular weight excluding hydrogens is 154 g/mol. The Bertz CT molecular complexity index is 129. The Balaban J connectivity index is 0.000000810. The molecule has 0 aliphatic carbocycles. The van der Waals surface area contributed by atoms with Gasteiger partial charge < -0.3 is 10.4 Å². The van der Waals surface area contributed by atoms with E-state index in [1.165, 1.54) is 0 Å². The van der Waals surface area contributed by atoms with Crippen LogP contribution in [0.4, 0.5) is 0 Å². The fourth-order valence-corrected chi connectivity index (χ4v) is 1.12. The van der Waals surface area contributed by atoms with Crippen molar-refractivity contribution in [1.82, 2.24) is 5.32 Å². The number of rotatable bonds is 1. The van der Waals surface area contributed by atoms with Gasteiger partial charge in [-0.3, -0.25) is 4.79 Å². The lowest BCUT2D eigenvalue weighted by atomic mass is 10.2. The van der Waals surface area contributed by atoms with Gasteiger partial charge in [-0.25, -0.2) is 0 Å². The maximum Gasteiger partial charge on any atom is 0.320 e. The largest absolute Gasteiger partial charge is 0.480 e. The number of hydrogen-bond acceptors (Lipinski definition) is 2. The number of carbonyl (C=O) groups is 1. The van der Waals surface area contributed by atoms with E-state index in [0.717, 1.165) is 12.8 Å². The molecule has 1 aliphatic heterocycles. The van der Waals surface area contributed by atoms with Gasteiger partial charge in [-0.2, -0.15) is 0 Å². The zero-order valence-corrected chi connectivity index (χ0v) is 6.65. The van der Waals surface area contributed by atoms with Crippen molar-refractivity contribution in [3.63, 3.8) is 0 Å². The standard InChI is InChI=1S/C6H11NO2.ClH/c1-4-2-3-5(7-4)6(8)9;/h4-5,7H,2-3H2,1H3,(H,8,9);1H/t4-,5-;/m1./s1. The molecule has 2 atom stereocenters. The van der Waals surface area contributed by atoms with Crippen LogP contribution in [0.5, 0.6) is 0 Å². The third-order valence-electron chi connectivity index (χ3n) is 1.67. The normalized spacial score (nSPS) is 31.3. The van der Waals surface area contributed by atoms with Gasteiger partial charge in [0, 0.05) is 6.04 Å².